The fourth-order valence-electron chi connectivity index (χ4n) is 3.83. The molecule has 3 nitrogen and oxygen atoms in total. The van der Waals surface area contributed by atoms with Gasteiger partial charge in [0, 0.05) is 10.6 Å². The van der Waals surface area contributed by atoms with Gasteiger partial charge < -0.3 is 9.84 Å². The molecule has 1 unspecified atom stereocenters. The molecule has 0 amide bonds. The molecule has 1 saturated carbocycles. The van der Waals surface area contributed by atoms with Crippen LogP contribution in [-0.2, 0) is 10.2 Å². The van der Waals surface area contributed by atoms with Crippen LogP contribution in [0.25, 0.3) is 11.1 Å². The van der Waals surface area contributed by atoms with Crippen molar-refractivity contribution in [3.63, 3.8) is 0 Å². The summed E-state index contributed by atoms with van der Waals surface area (Å²) in [6.45, 7) is 6.81. The molecule has 0 saturated heterocycles. The lowest BCUT2D eigenvalue weighted by atomic mass is 9.72. The number of aliphatic carboxylic acids is 1. The van der Waals surface area contributed by atoms with Crippen LogP contribution in [0.4, 0.5) is 0 Å². The zero-order valence-corrected chi connectivity index (χ0v) is 17.6. The smallest absolute Gasteiger partial charge is 0.314 e. The molecule has 0 aromatic heterocycles. The van der Waals surface area contributed by atoms with Crippen molar-refractivity contribution in [1.82, 2.24) is 0 Å². The SMILES string of the molecule is CCC(CC(C)C)(C(=O)O)c1ccc(OCC2CC2)c(-c2ccc(Cl)cc2)c1. The van der Waals surface area contributed by atoms with Gasteiger partial charge in [-0.15, -0.1) is 0 Å². The average Bonchev–Trinajstić information content (AvgIpc) is 3.49. The topological polar surface area (TPSA) is 46.5 Å². The molecule has 2 aromatic carbocycles. The number of rotatable bonds is 9. The van der Waals surface area contributed by atoms with Gasteiger partial charge in [0.2, 0.25) is 0 Å². The zero-order chi connectivity index (χ0) is 20.3. The Labute approximate surface area is 172 Å². The third-order valence-electron chi connectivity index (χ3n) is 5.63. The molecule has 0 bridgehead atoms. The largest absolute Gasteiger partial charge is 0.493 e. The van der Waals surface area contributed by atoms with Gasteiger partial charge in [0.1, 0.15) is 5.75 Å². The summed E-state index contributed by atoms with van der Waals surface area (Å²) in [5.41, 5.74) is 1.85. The van der Waals surface area contributed by atoms with E-state index in [1.165, 1.54) is 12.8 Å². The summed E-state index contributed by atoms with van der Waals surface area (Å²) in [7, 11) is 0. The Hall–Kier alpha value is -2.00. The number of carboxylic acid groups (broad SMARTS) is 1. The number of hydrogen-bond donors (Lipinski definition) is 1. The highest BCUT2D eigenvalue weighted by molar-refractivity contribution is 6.30. The molecular formula is C24H29ClO3. The van der Waals surface area contributed by atoms with Crippen LogP contribution in [0.5, 0.6) is 5.75 Å². The summed E-state index contributed by atoms with van der Waals surface area (Å²) in [5.74, 6) is 0.962. The van der Waals surface area contributed by atoms with E-state index in [0.29, 0.717) is 30.4 Å². The Morgan fingerprint density at radius 1 is 1.21 bits per heavy atom. The van der Waals surface area contributed by atoms with Crippen LogP contribution < -0.4 is 4.74 Å². The molecule has 150 valence electrons. The van der Waals surface area contributed by atoms with Gasteiger partial charge in [-0.2, -0.15) is 0 Å². The Kier molecular flexibility index (Phi) is 6.34. The van der Waals surface area contributed by atoms with Gasteiger partial charge in [0.05, 0.1) is 12.0 Å². The first-order valence-corrected chi connectivity index (χ1v) is 10.5. The van der Waals surface area contributed by atoms with Crippen molar-refractivity contribution in [2.24, 2.45) is 11.8 Å². The number of benzene rings is 2. The average molecular weight is 401 g/mol. The zero-order valence-electron chi connectivity index (χ0n) is 16.9. The minimum Gasteiger partial charge on any atom is -0.493 e. The Bertz CT molecular complexity index is 824. The molecule has 4 heteroatoms. The van der Waals surface area contributed by atoms with E-state index in [1.807, 2.05) is 49.4 Å². The summed E-state index contributed by atoms with van der Waals surface area (Å²) in [6.07, 6.45) is 3.59. The van der Waals surface area contributed by atoms with E-state index in [0.717, 1.165) is 22.4 Å². The summed E-state index contributed by atoms with van der Waals surface area (Å²) in [5, 5.41) is 10.8. The van der Waals surface area contributed by atoms with Gasteiger partial charge >= 0.3 is 5.97 Å². The lowest BCUT2D eigenvalue weighted by Crippen LogP contribution is -2.36. The fraction of sp³-hybridized carbons (Fsp3) is 0.458. The monoisotopic (exact) mass is 400 g/mol. The van der Waals surface area contributed by atoms with Crippen LogP contribution >= 0.6 is 11.6 Å². The lowest BCUT2D eigenvalue weighted by molar-refractivity contribution is -0.144. The van der Waals surface area contributed by atoms with E-state index in [2.05, 4.69) is 13.8 Å². The molecule has 0 heterocycles. The van der Waals surface area contributed by atoms with Gasteiger partial charge in [-0.25, -0.2) is 0 Å². The molecule has 1 atom stereocenters. The van der Waals surface area contributed by atoms with E-state index in [-0.39, 0.29) is 5.92 Å². The highest BCUT2D eigenvalue weighted by Crippen LogP contribution is 2.41. The van der Waals surface area contributed by atoms with Gasteiger partial charge in [-0.1, -0.05) is 50.6 Å². The maximum Gasteiger partial charge on any atom is 0.314 e. The highest BCUT2D eigenvalue weighted by Gasteiger charge is 2.39. The minimum absolute atomic E-state index is 0.279. The van der Waals surface area contributed by atoms with Crippen LogP contribution in [0.15, 0.2) is 42.5 Å². The molecule has 3 rings (SSSR count). The molecule has 1 fully saturated rings. The number of carboxylic acids is 1. The highest BCUT2D eigenvalue weighted by atomic mass is 35.5. The summed E-state index contributed by atoms with van der Waals surface area (Å²) >= 11 is 6.07. The lowest BCUT2D eigenvalue weighted by Gasteiger charge is -2.31. The molecule has 0 spiro atoms. The number of hydrogen-bond acceptors (Lipinski definition) is 2. The Morgan fingerprint density at radius 3 is 2.43 bits per heavy atom. The normalized spacial score (nSPS) is 16.0. The summed E-state index contributed by atoms with van der Waals surface area (Å²) < 4.78 is 6.11. The third-order valence-corrected chi connectivity index (χ3v) is 5.88. The van der Waals surface area contributed by atoms with E-state index < -0.39 is 11.4 Å². The molecule has 1 aliphatic rings. The number of carbonyl (C=O) groups is 1. The molecule has 0 aliphatic heterocycles. The van der Waals surface area contributed by atoms with Crippen LogP contribution in [0.2, 0.25) is 5.02 Å². The second kappa shape index (κ2) is 8.57. The Balaban J connectivity index is 2.07. The summed E-state index contributed by atoms with van der Waals surface area (Å²) in [6, 6.07) is 13.5. The minimum atomic E-state index is -0.898. The van der Waals surface area contributed by atoms with Gasteiger partial charge in [0.15, 0.2) is 0 Å². The standard InChI is InChI=1S/C24H29ClO3/c1-4-24(23(26)27,14-16(2)3)19-9-12-22(28-15-17-5-6-17)21(13-19)18-7-10-20(25)11-8-18/h7-13,16-17H,4-6,14-15H2,1-3H3,(H,26,27). The van der Waals surface area contributed by atoms with Crippen LogP contribution in [0.1, 0.15) is 52.0 Å². The van der Waals surface area contributed by atoms with E-state index in [4.69, 9.17) is 16.3 Å². The van der Waals surface area contributed by atoms with Crippen molar-refractivity contribution < 1.29 is 14.6 Å². The van der Waals surface area contributed by atoms with E-state index in [9.17, 15) is 9.90 Å². The van der Waals surface area contributed by atoms with Crippen LogP contribution in [-0.4, -0.2) is 17.7 Å². The predicted octanol–water partition coefficient (Wildman–Crippen LogP) is 6.57. The van der Waals surface area contributed by atoms with Gasteiger partial charge in [-0.3, -0.25) is 4.79 Å². The molecule has 28 heavy (non-hydrogen) atoms. The third kappa shape index (κ3) is 4.52. The fourth-order valence-corrected chi connectivity index (χ4v) is 3.95. The first kappa shape index (κ1) is 20.7. The van der Waals surface area contributed by atoms with Crippen molar-refractivity contribution in [3.05, 3.63) is 53.1 Å². The van der Waals surface area contributed by atoms with Crippen molar-refractivity contribution in [2.45, 2.75) is 51.9 Å². The maximum atomic E-state index is 12.3. The molecular weight excluding hydrogens is 372 g/mol. The van der Waals surface area contributed by atoms with Crippen molar-refractivity contribution in [1.29, 1.82) is 0 Å². The molecule has 1 aliphatic carbocycles. The quantitative estimate of drug-likeness (QED) is 0.517. The van der Waals surface area contributed by atoms with E-state index >= 15 is 0 Å². The van der Waals surface area contributed by atoms with Crippen molar-refractivity contribution >= 4 is 17.6 Å². The molecule has 0 radical (unpaired) electrons. The van der Waals surface area contributed by atoms with Gasteiger partial charge in [-0.05, 0) is 72.9 Å². The van der Waals surface area contributed by atoms with Crippen molar-refractivity contribution in [2.75, 3.05) is 6.61 Å². The first-order chi connectivity index (χ1) is 13.4. The van der Waals surface area contributed by atoms with Gasteiger partial charge in [0.25, 0.3) is 0 Å². The molecule has 2 aromatic rings. The van der Waals surface area contributed by atoms with Crippen LogP contribution in [0, 0.1) is 11.8 Å². The number of halogens is 1. The van der Waals surface area contributed by atoms with Crippen LogP contribution in [0.3, 0.4) is 0 Å². The Morgan fingerprint density at radius 2 is 1.89 bits per heavy atom. The second-order valence-electron chi connectivity index (χ2n) is 8.31. The van der Waals surface area contributed by atoms with Crippen molar-refractivity contribution in [3.8, 4) is 16.9 Å². The predicted molar refractivity (Wildman–Crippen MR) is 114 cm³/mol. The number of ether oxygens (including phenoxy) is 1. The second-order valence-corrected chi connectivity index (χ2v) is 8.75. The summed E-state index contributed by atoms with van der Waals surface area (Å²) in [4.78, 5) is 12.3. The molecule has 1 N–H and O–H groups in total. The van der Waals surface area contributed by atoms with E-state index in [1.54, 1.807) is 0 Å². The first-order valence-electron chi connectivity index (χ1n) is 10.1. The maximum absolute atomic E-state index is 12.3.